The largest absolute Gasteiger partial charge is 0.394 e. The van der Waals surface area contributed by atoms with E-state index in [1.165, 1.54) is 0 Å². The first kappa shape index (κ1) is 14.1. The van der Waals surface area contributed by atoms with Crippen LogP contribution in [0.25, 0.3) is 11.4 Å². The van der Waals surface area contributed by atoms with Gasteiger partial charge in [0.05, 0.1) is 30.2 Å². The Kier molecular flexibility index (Phi) is 4.24. The van der Waals surface area contributed by atoms with Crippen molar-refractivity contribution in [1.82, 2.24) is 9.97 Å². The van der Waals surface area contributed by atoms with Crippen LogP contribution in [0.3, 0.4) is 0 Å². The summed E-state index contributed by atoms with van der Waals surface area (Å²) in [6.07, 6.45) is 3.67. The highest BCUT2D eigenvalue weighted by atomic mass is 16.5. The minimum atomic E-state index is -0.583. The first-order chi connectivity index (χ1) is 10.3. The molecule has 3 atom stereocenters. The molecule has 0 spiro atoms. The van der Waals surface area contributed by atoms with Crippen molar-refractivity contribution >= 4 is 0 Å². The summed E-state index contributed by atoms with van der Waals surface area (Å²) < 4.78 is 5.60. The van der Waals surface area contributed by atoms with Crippen LogP contribution in [0.4, 0.5) is 0 Å². The molecular weight excluding hydrogens is 268 g/mol. The maximum Gasteiger partial charge on any atom is 0.107 e. The number of nitrogens with zero attached hydrogens (tertiary/aromatic N) is 2. The molecule has 3 heterocycles. The third-order valence-electron chi connectivity index (χ3n) is 3.70. The summed E-state index contributed by atoms with van der Waals surface area (Å²) >= 11 is 0. The Hall–Kier alpha value is -1.82. The smallest absolute Gasteiger partial charge is 0.107 e. The molecule has 110 valence electrons. The average molecular weight is 286 g/mol. The summed E-state index contributed by atoms with van der Waals surface area (Å²) in [5.41, 5.74) is 2.72. The van der Waals surface area contributed by atoms with Gasteiger partial charge in [0.1, 0.15) is 6.10 Å². The van der Waals surface area contributed by atoms with Gasteiger partial charge >= 0.3 is 0 Å². The Balaban J connectivity index is 1.66. The number of aromatic nitrogens is 2. The van der Waals surface area contributed by atoms with Gasteiger partial charge in [0.25, 0.3) is 0 Å². The predicted molar refractivity (Wildman–Crippen MR) is 77.5 cm³/mol. The number of hydrogen-bond donors (Lipinski definition) is 2. The molecular formula is C16H18N2O3. The number of rotatable bonds is 4. The van der Waals surface area contributed by atoms with Crippen LogP contribution in [0.1, 0.15) is 12.0 Å². The van der Waals surface area contributed by atoms with Gasteiger partial charge in [-0.25, -0.2) is 0 Å². The fourth-order valence-corrected chi connectivity index (χ4v) is 2.58. The van der Waals surface area contributed by atoms with Crippen molar-refractivity contribution < 1.29 is 14.9 Å². The molecule has 2 aromatic rings. The van der Waals surface area contributed by atoms with E-state index in [2.05, 4.69) is 9.97 Å². The van der Waals surface area contributed by atoms with Crippen LogP contribution in [0, 0.1) is 0 Å². The first-order valence-corrected chi connectivity index (χ1v) is 7.07. The van der Waals surface area contributed by atoms with Gasteiger partial charge in [-0.2, -0.15) is 0 Å². The van der Waals surface area contributed by atoms with Gasteiger partial charge in [0.2, 0.25) is 0 Å². The van der Waals surface area contributed by atoms with Crippen molar-refractivity contribution in [2.75, 3.05) is 6.61 Å². The second kappa shape index (κ2) is 6.30. The lowest BCUT2D eigenvalue weighted by molar-refractivity contribution is -0.0214. The zero-order valence-electron chi connectivity index (χ0n) is 11.6. The molecule has 1 aliphatic heterocycles. The van der Waals surface area contributed by atoms with E-state index in [-0.39, 0.29) is 12.7 Å². The molecule has 0 aliphatic carbocycles. The third-order valence-corrected chi connectivity index (χ3v) is 3.70. The fraction of sp³-hybridized carbons (Fsp3) is 0.375. The predicted octanol–water partition coefficient (Wildman–Crippen LogP) is 1.20. The second-order valence-electron chi connectivity index (χ2n) is 5.25. The molecule has 0 amide bonds. The average Bonchev–Trinajstić information content (AvgIpc) is 2.88. The second-order valence-corrected chi connectivity index (χ2v) is 5.25. The molecule has 0 unspecified atom stereocenters. The normalized spacial score (nSPS) is 25.1. The van der Waals surface area contributed by atoms with E-state index in [4.69, 9.17) is 9.84 Å². The van der Waals surface area contributed by atoms with Crippen LogP contribution in [-0.2, 0) is 11.2 Å². The van der Waals surface area contributed by atoms with E-state index >= 15 is 0 Å². The number of pyridine rings is 2. The minimum absolute atomic E-state index is 0.0698. The summed E-state index contributed by atoms with van der Waals surface area (Å²) in [5, 5.41) is 18.8. The molecule has 1 saturated heterocycles. The fourth-order valence-electron chi connectivity index (χ4n) is 2.58. The zero-order valence-corrected chi connectivity index (χ0v) is 11.6. The quantitative estimate of drug-likeness (QED) is 0.883. The summed E-state index contributed by atoms with van der Waals surface area (Å²) in [4.78, 5) is 8.68. The monoisotopic (exact) mass is 286 g/mol. The summed E-state index contributed by atoms with van der Waals surface area (Å²) in [6, 6.07) is 9.66. The first-order valence-electron chi connectivity index (χ1n) is 7.07. The van der Waals surface area contributed by atoms with Crippen LogP contribution in [0.2, 0.25) is 0 Å². The van der Waals surface area contributed by atoms with Gasteiger partial charge < -0.3 is 14.9 Å². The van der Waals surface area contributed by atoms with Gasteiger partial charge in [-0.05, 0) is 23.8 Å². The SMILES string of the molecule is OC[C@H]1O[C@@H](Cc2ccc(-c3ccccn3)nc2)C[C@@H]1O. The van der Waals surface area contributed by atoms with Gasteiger partial charge in [-0.1, -0.05) is 12.1 Å². The highest BCUT2D eigenvalue weighted by molar-refractivity contribution is 5.53. The van der Waals surface area contributed by atoms with Gasteiger partial charge in [0, 0.05) is 25.2 Å². The minimum Gasteiger partial charge on any atom is -0.394 e. The van der Waals surface area contributed by atoms with E-state index < -0.39 is 12.2 Å². The van der Waals surface area contributed by atoms with E-state index in [0.29, 0.717) is 12.8 Å². The standard InChI is InChI=1S/C16H18N2O3/c19-10-16-15(20)8-12(21-16)7-11-4-5-14(18-9-11)13-3-1-2-6-17-13/h1-6,9,12,15-16,19-20H,7-8,10H2/t12-,15-,16+/m0/s1. The molecule has 2 aromatic heterocycles. The van der Waals surface area contributed by atoms with Crippen molar-refractivity contribution in [1.29, 1.82) is 0 Å². The summed E-state index contributed by atoms with van der Waals surface area (Å²) in [7, 11) is 0. The number of ether oxygens (including phenoxy) is 1. The summed E-state index contributed by atoms with van der Waals surface area (Å²) in [5.74, 6) is 0. The van der Waals surface area contributed by atoms with Crippen molar-refractivity contribution in [2.45, 2.75) is 31.2 Å². The maximum atomic E-state index is 9.72. The van der Waals surface area contributed by atoms with Crippen LogP contribution >= 0.6 is 0 Å². The highest BCUT2D eigenvalue weighted by Crippen LogP contribution is 2.23. The topological polar surface area (TPSA) is 75.5 Å². The molecule has 3 rings (SSSR count). The van der Waals surface area contributed by atoms with Crippen molar-refractivity contribution in [2.24, 2.45) is 0 Å². The number of aliphatic hydroxyl groups excluding tert-OH is 2. The molecule has 0 saturated carbocycles. The van der Waals surface area contributed by atoms with Crippen LogP contribution < -0.4 is 0 Å². The highest BCUT2D eigenvalue weighted by Gasteiger charge is 2.33. The molecule has 2 N–H and O–H groups in total. The Labute approximate surface area is 123 Å². The summed E-state index contributed by atoms with van der Waals surface area (Å²) in [6.45, 7) is -0.144. The van der Waals surface area contributed by atoms with E-state index in [0.717, 1.165) is 17.0 Å². The Morgan fingerprint density at radius 2 is 2.00 bits per heavy atom. The third kappa shape index (κ3) is 3.26. The maximum absolute atomic E-state index is 9.72. The van der Waals surface area contributed by atoms with Crippen molar-refractivity contribution in [3.8, 4) is 11.4 Å². The molecule has 0 aromatic carbocycles. The Morgan fingerprint density at radius 1 is 1.14 bits per heavy atom. The lowest BCUT2D eigenvalue weighted by Crippen LogP contribution is -2.24. The van der Waals surface area contributed by atoms with Gasteiger partial charge in [-0.15, -0.1) is 0 Å². The zero-order chi connectivity index (χ0) is 14.7. The molecule has 0 radical (unpaired) electrons. The van der Waals surface area contributed by atoms with Crippen LogP contribution in [0.5, 0.6) is 0 Å². The number of hydrogen-bond acceptors (Lipinski definition) is 5. The number of aliphatic hydroxyl groups is 2. The van der Waals surface area contributed by atoms with Crippen LogP contribution in [-0.4, -0.2) is 45.1 Å². The molecule has 0 bridgehead atoms. The van der Waals surface area contributed by atoms with E-state index in [1.54, 1.807) is 6.20 Å². The van der Waals surface area contributed by atoms with Crippen molar-refractivity contribution in [3.05, 3.63) is 48.3 Å². The lowest BCUT2D eigenvalue weighted by Gasteiger charge is -2.12. The lowest BCUT2D eigenvalue weighted by atomic mass is 10.1. The molecule has 1 fully saturated rings. The Morgan fingerprint density at radius 3 is 2.62 bits per heavy atom. The van der Waals surface area contributed by atoms with Gasteiger partial charge in [0.15, 0.2) is 0 Å². The molecule has 5 heteroatoms. The van der Waals surface area contributed by atoms with Gasteiger partial charge in [-0.3, -0.25) is 9.97 Å². The molecule has 1 aliphatic rings. The van der Waals surface area contributed by atoms with Crippen molar-refractivity contribution in [3.63, 3.8) is 0 Å². The molecule has 5 nitrogen and oxygen atoms in total. The van der Waals surface area contributed by atoms with Crippen LogP contribution in [0.15, 0.2) is 42.7 Å². The Bertz CT molecular complexity index is 574. The van der Waals surface area contributed by atoms with E-state index in [1.807, 2.05) is 36.5 Å². The molecule has 21 heavy (non-hydrogen) atoms. The van der Waals surface area contributed by atoms with E-state index in [9.17, 15) is 5.11 Å².